The van der Waals surface area contributed by atoms with Crippen LogP contribution in [0.5, 0.6) is 5.75 Å². The molecule has 3 N–H and O–H groups in total. The first kappa shape index (κ1) is 13.8. The average Bonchev–Trinajstić information content (AvgIpc) is 2.90. The summed E-state index contributed by atoms with van der Waals surface area (Å²) in [6.07, 6.45) is 0. The van der Waals surface area contributed by atoms with Gasteiger partial charge in [-0.1, -0.05) is 12.1 Å². The van der Waals surface area contributed by atoms with E-state index in [9.17, 15) is 0 Å². The highest BCUT2D eigenvalue weighted by Gasteiger charge is 2.10. The van der Waals surface area contributed by atoms with Crippen LogP contribution in [-0.2, 0) is 0 Å². The Labute approximate surface area is 131 Å². The van der Waals surface area contributed by atoms with Gasteiger partial charge >= 0.3 is 0 Å². The normalized spacial score (nSPS) is 10.5. The average molecular weight is 315 g/mol. The van der Waals surface area contributed by atoms with Crippen molar-refractivity contribution in [2.45, 2.75) is 0 Å². The summed E-state index contributed by atoms with van der Waals surface area (Å²) in [5.74, 6) is 0.688. The summed E-state index contributed by atoms with van der Waals surface area (Å²) in [6.45, 7) is 0. The number of benzene rings is 2. The molecule has 2 aromatic carbocycles. The number of fused-ring (bicyclic) bond motifs is 1. The van der Waals surface area contributed by atoms with Crippen LogP contribution in [0.4, 0.5) is 5.69 Å². The lowest BCUT2D eigenvalue weighted by atomic mass is 10.2. The maximum atomic E-state index is 5.55. The van der Waals surface area contributed by atoms with Crippen LogP contribution >= 0.6 is 23.6 Å². The molecule has 0 saturated heterocycles. The number of hydrogen-bond donors (Lipinski definition) is 2. The quantitative estimate of drug-likeness (QED) is 0.723. The van der Waals surface area contributed by atoms with Crippen molar-refractivity contribution >= 4 is 44.6 Å². The first-order valence-corrected chi connectivity index (χ1v) is 7.50. The van der Waals surface area contributed by atoms with E-state index in [1.54, 1.807) is 18.4 Å². The summed E-state index contributed by atoms with van der Waals surface area (Å²) in [7, 11) is 1.61. The molecule has 3 aromatic rings. The molecule has 4 nitrogen and oxygen atoms in total. The monoisotopic (exact) mass is 315 g/mol. The lowest BCUT2D eigenvalue weighted by molar-refractivity contribution is 0.417. The van der Waals surface area contributed by atoms with E-state index in [2.05, 4.69) is 16.4 Å². The molecule has 0 amide bonds. The number of thiazole rings is 1. The fourth-order valence-corrected chi connectivity index (χ4v) is 3.14. The zero-order valence-corrected chi connectivity index (χ0v) is 12.9. The largest absolute Gasteiger partial charge is 0.495 e. The molecule has 6 heteroatoms. The highest BCUT2D eigenvalue weighted by atomic mass is 32.1. The van der Waals surface area contributed by atoms with Crippen LogP contribution in [-0.4, -0.2) is 17.2 Å². The van der Waals surface area contributed by atoms with E-state index < -0.39 is 0 Å². The Balaban J connectivity index is 2.07. The van der Waals surface area contributed by atoms with Crippen molar-refractivity contribution in [3.8, 4) is 16.3 Å². The molecular weight excluding hydrogens is 302 g/mol. The van der Waals surface area contributed by atoms with Gasteiger partial charge in [-0.3, -0.25) is 0 Å². The van der Waals surface area contributed by atoms with Crippen LogP contribution in [0.3, 0.4) is 0 Å². The van der Waals surface area contributed by atoms with Crippen LogP contribution in [0.1, 0.15) is 0 Å². The topological polar surface area (TPSA) is 60.2 Å². The van der Waals surface area contributed by atoms with E-state index in [-0.39, 0.29) is 5.11 Å². The molecule has 0 fully saturated rings. The van der Waals surface area contributed by atoms with E-state index in [1.807, 2.05) is 36.4 Å². The second-order valence-electron chi connectivity index (χ2n) is 4.39. The molecule has 0 bridgehead atoms. The Morgan fingerprint density at radius 1 is 1.29 bits per heavy atom. The van der Waals surface area contributed by atoms with Gasteiger partial charge in [-0.15, -0.1) is 11.3 Å². The van der Waals surface area contributed by atoms with Crippen molar-refractivity contribution in [3.63, 3.8) is 0 Å². The van der Waals surface area contributed by atoms with Gasteiger partial charge in [0.05, 0.1) is 23.0 Å². The summed E-state index contributed by atoms with van der Waals surface area (Å²) >= 11 is 6.54. The summed E-state index contributed by atoms with van der Waals surface area (Å²) in [5, 5.41) is 4.08. The molecule has 106 valence electrons. The van der Waals surface area contributed by atoms with Crippen LogP contribution < -0.4 is 15.8 Å². The second kappa shape index (κ2) is 5.67. The molecule has 0 unspecified atom stereocenters. The Morgan fingerprint density at radius 3 is 2.81 bits per heavy atom. The summed E-state index contributed by atoms with van der Waals surface area (Å²) < 4.78 is 6.46. The van der Waals surface area contributed by atoms with Crippen LogP contribution in [0.25, 0.3) is 20.8 Å². The number of rotatable bonds is 3. The van der Waals surface area contributed by atoms with Crippen LogP contribution in [0, 0.1) is 0 Å². The lowest BCUT2D eigenvalue weighted by Gasteiger charge is -2.10. The van der Waals surface area contributed by atoms with Gasteiger partial charge in [-0.2, -0.15) is 0 Å². The van der Waals surface area contributed by atoms with E-state index in [0.29, 0.717) is 5.75 Å². The van der Waals surface area contributed by atoms with Gasteiger partial charge in [0.1, 0.15) is 10.8 Å². The fraction of sp³-hybridized carbons (Fsp3) is 0.0667. The molecule has 0 spiro atoms. The molecule has 0 radical (unpaired) electrons. The minimum Gasteiger partial charge on any atom is -0.495 e. The number of methoxy groups -OCH3 is 1. The molecule has 21 heavy (non-hydrogen) atoms. The van der Waals surface area contributed by atoms with Crippen molar-refractivity contribution in [1.29, 1.82) is 0 Å². The van der Waals surface area contributed by atoms with Gasteiger partial charge in [0, 0.05) is 5.56 Å². The minimum absolute atomic E-state index is 0.203. The molecule has 3 rings (SSSR count). The number of hydrogen-bond acceptors (Lipinski definition) is 4. The predicted octanol–water partition coefficient (Wildman–Crippen LogP) is 3.63. The van der Waals surface area contributed by atoms with Crippen molar-refractivity contribution in [2.75, 3.05) is 12.4 Å². The zero-order chi connectivity index (χ0) is 14.8. The highest BCUT2D eigenvalue weighted by molar-refractivity contribution is 7.80. The zero-order valence-electron chi connectivity index (χ0n) is 11.3. The van der Waals surface area contributed by atoms with Gasteiger partial charge < -0.3 is 15.8 Å². The number of nitrogens with zero attached hydrogens (tertiary/aromatic N) is 1. The standard InChI is InChI=1S/C15H13N3OS2/c1-19-12-7-6-9(8-11(12)18-15(16)20)14-17-10-4-2-3-5-13(10)21-14/h2-8H,1H3,(H3,16,18,20). The predicted molar refractivity (Wildman–Crippen MR) is 92.0 cm³/mol. The Morgan fingerprint density at radius 2 is 2.10 bits per heavy atom. The van der Waals surface area contributed by atoms with Crippen LogP contribution in [0.15, 0.2) is 42.5 Å². The first-order valence-electron chi connectivity index (χ1n) is 6.28. The van der Waals surface area contributed by atoms with Gasteiger partial charge in [-0.25, -0.2) is 4.98 Å². The molecule has 0 aliphatic rings. The number of anilines is 1. The van der Waals surface area contributed by atoms with Gasteiger partial charge in [0.25, 0.3) is 0 Å². The molecule has 0 aliphatic carbocycles. The molecular formula is C15H13N3OS2. The summed E-state index contributed by atoms with van der Waals surface area (Å²) in [6, 6.07) is 13.9. The molecule has 0 aliphatic heterocycles. The van der Waals surface area contributed by atoms with Crippen LogP contribution in [0.2, 0.25) is 0 Å². The second-order valence-corrected chi connectivity index (χ2v) is 5.86. The van der Waals surface area contributed by atoms with E-state index in [0.717, 1.165) is 26.5 Å². The molecule has 1 heterocycles. The van der Waals surface area contributed by atoms with Crippen molar-refractivity contribution in [3.05, 3.63) is 42.5 Å². The fourth-order valence-electron chi connectivity index (χ4n) is 2.07. The van der Waals surface area contributed by atoms with Gasteiger partial charge in [-0.05, 0) is 42.5 Å². The van der Waals surface area contributed by atoms with Gasteiger partial charge in [0.2, 0.25) is 0 Å². The van der Waals surface area contributed by atoms with Crippen molar-refractivity contribution in [1.82, 2.24) is 4.98 Å². The Kier molecular flexibility index (Phi) is 3.72. The number of para-hydroxylation sites is 1. The van der Waals surface area contributed by atoms with Crippen molar-refractivity contribution in [2.24, 2.45) is 5.73 Å². The Hall–Kier alpha value is -2.18. The number of nitrogens with two attached hydrogens (primary N) is 1. The first-order chi connectivity index (χ1) is 10.2. The summed E-state index contributed by atoms with van der Waals surface area (Å²) in [5.41, 5.74) is 8.28. The lowest BCUT2D eigenvalue weighted by Crippen LogP contribution is -2.19. The number of aromatic nitrogens is 1. The SMILES string of the molecule is COc1ccc(-c2nc3ccccc3s2)cc1NC(N)=S. The maximum absolute atomic E-state index is 5.55. The molecule has 1 aromatic heterocycles. The third-order valence-electron chi connectivity index (χ3n) is 3.00. The highest BCUT2D eigenvalue weighted by Crippen LogP contribution is 2.34. The third kappa shape index (κ3) is 2.81. The molecule has 0 saturated carbocycles. The minimum atomic E-state index is 0.203. The third-order valence-corrected chi connectivity index (χ3v) is 4.19. The smallest absolute Gasteiger partial charge is 0.168 e. The number of nitrogens with one attached hydrogen (secondary N) is 1. The Bertz CT molecular complexity index is 781. The molecule has 0 atom stereocenters. The number of thiocarbonyl (C=S) groups is 1. The summed E-state index contributed by atoms with van der Waals surface area (Å²) in [4.78, 5) is 4.64. The number of ether oxygens (including phenoxy) is 1. The van der Waals surface area contributed by atoms with E-state index >= 15 is 0 Å². The van der Waals surface area contributed by atoms with E-state index in [1.165, 1.54) is 0 Å². The maximum Gasteiger partial charge on any atom is 0.168 e. The van der Waals surface area contributed by atoms with Gasteiger partial charge in [0.15, 0.2) is 5.11 Å². The van der Waals surface area contributed by atoms with E-state index in [4.69, 9.17) is 22.7 Å². The van der Waals surface area contributed by atoms with Crippen molar-refractivity contribution < 1.29 is 4.74 Å².